The molecule has 0 saturated carbocycles. The van der Waals surface area contributed by atoms with Gasteiger partial charge in [-0.1, -0.05) is 17.7 Å². The fraction of sp³-hybridized carbons (Fsp3) is 0.346. The SMILES string of the molecule is C=CCc1c(OC)cc(OC)c(F)c1C(=O)c1oc2cnc(Cl)cc2c1N(CCO)C(=O)OC(C)(C)C. The summed E-state index contributed by atoms with van der Waals surface area (Å²) < 4.78 is 37.5. The van der Waals surface area contributed by atoms with Crippen LogP contribution >= 0.6 is 11.6 Å². The third-order valence-electron chi connectivity index (χ3n) is 5.24. The number of aromatic nitrogens is 1. The molecule has 1 aromatic carbocycles. The molecule has 198 valence electrons. The normalized spacial score (nSPS) is 11.4. The van der Waals surface area contributed by atoms with Gasteiger partial charge in [0.2, 0.25) is 5.78 Å². The van der Waals surface area contributed by atoms with E-state index in [1.54, 1.807) is 20.8 Å². The molecule has 0 fully saturated rings. The van der Waals surface area contributed by atoms with Gasteiger partial charge in [0.1, 0.15) is 22.2 Å². The number of rotatable bonds is 9. The van der Waals surface area contributed by atoms with Crippen molar-refractivity contribution in [2.24, 2.45) is 0 Å². The Morgan fingerprint density at radius 3 is 2.49 bits per heavy atom. The third kappa shape index (κ3) is 5.70. The number of anilines is 1. The predicted octanol–water partition coefficient (Wildman–Crippen LogP) is 5.33. The second kappa shape index (κ2) is 11.2. The van der Waals surface area contributed by atoms with Crippen LogP contribution in [0.15, 0.2) is 35.4 Å². The molecule has 2 heterocycles. The second-order valence-electron chi connectivity index (χ2n) is 8.91. The Morgan fingerprint density at radius 1 is 1.24 bits per heavy atom. The van der Waals surface area contributed by atoms with E-state index in [1.807, 2.05) is 0 Å². The van der Waals surface area contributed by atoms with E-state index in [0.717, 1.165) is 4.90 Å². The maximum atomic E-state index is 15.6. The molecule has 0 atom stereocenters. The number of aliphatic hydroxyl groups is 1. The van der Waals surface area contributed by atoms with Gasteiger partial charge in [0.15, 0.2) is 22.9 Å². The van der Waals surface area contributed by atoms with E-state index < -0.39 is 35.7 Å². The average molecular weight is 535 g/mol. The van der Waals surface area contributed by atoms with Crippen LogP contribution < -0.4 is 14.4 Å². The van der Waals surface area contributed by atoms with Crippen LogP contribution in [0.1, 0.15) is 42.5 Å². The third-order valence-corrected chi connectivity index (χ3v) is 5.45. The molecule has 37 heavy (non-hydrogen) atoms. The zero-order valence-electron chi connectivity index (χ0n) is 21.2. The number of furan rings is 1. The topological polar surface area (TPSA) is 111 Å². The summed E-state index contributed by atoms with van der Waals surface area (Å²) in [7, 11) is 2.63. The summed E-state index contributed by atoms with van der Waals surface area (Å²) in [6.45, 7) is 7.96. The molecular weight excluding hydrogens is 507 g/mol. The smallest absolute Gasteiger partial charge is 0.415 e. The van der Waals surface area contributed by atoms with E-state index in [9.17, 15) is 14.7 Å². The van der Waals surface area contributed by atoms with Gasteiger partial charge in [-0.3, -0.25) is 9.69 Å². The molecule has 3 aromatic rings. The van der Waals surface area contributed by atoms with Crippen molar-refractivity contribution in [2.75, 3.05) is 32.3 Å². The summed E-state index contributed by atoms with van der Waals surface area (Å²) in [4.78, 5) is 32.2. The van der Waals surface area contributed by atoms with Crippen molar-refractivity contribution >= 4 is 40.1 Å². The number of benzene rings is 1. The first-order chi connectivity index (χ1) is 17.5. The fourth-order valence-electron chi connectivity index (χ4n) is 3.77. The number of ketones is 1. The van der Waals surface area contributed by atoms with E-state index in [1.165, 1.54) is 38.6 Å². The van der Waals surface area contributed by atoms with Crippen molar-refractivity contribution in [3.8, 4) is 11.5 Å². The molecule has 0 unspecified atom stereocenters. The Kier molecular flexibility index (Phi) is 8.45. The van der Waals surface area contributed by atoms with Crippen molar-refractivity contribution in [3.05, 3.63) is 58.8 Å². The number of amides is 1. The first-order valence-electron chi connectivity index (χ1n) is 11.3. The highest BCUT2D eigenvalue weighted by atomic mass is 35.5. The van der Waals surface area contributed by atoms with Crippen LogP contribution in [0.5, 0.6) is 11.5 Å². The zero-order chi connectivity index (χ0) is 27.5. The monoisotopic (exact) mass is 534 g/mol. The van der Waals surface area contributed by atoms with Gasteiger partial charge in [-0.05, 0) is 33.3 Å². The van der Waals surface area contributed by atoms with Crippen LogP contribution in [-0.2, 0) is 11.2 Å². The summed E-state index contributed by atoms with van der Waals surface area (Å²) in [5, 5.41) is 10.0. The van der Waals surface area contributed by atoms with Crippen LogP contribution in [0.4, 0.5) is 14.9 Å². The first kappa shape index (κ1) is 27.9. The molecule has 1 amide bonds. The lowest BCUT2D eigenvalue weighted by Crippen LogP contribution is -2.39. The number of halogens is 2. The molecule has 9 nitrogen and oxygen atoms in total. The van der Waals surface area contributed by atoms with E-state index in [-0.39, 0.29) is 57.4 Å². The number of nitrogens with zero attached hydrogens (tertiary/aromatic N) is 2. The number of ether oxygens (including phenoxy) is 3. The van der Waals surface area contributed by atoms with Crippen molar-refractivity contribution in [1.82, 2.24) is 4.98 Å². The second-order valence-corrected chi connectivity index (χ2v) is 9.30. The molecule has 0 aliphatic heterocycles. The molecule has 2 aromatic heterocycles. The standard InChI is InChI=1S/C26H28ClFN2O7/c1-7-8-14-16(34-5)12-17(35-6)21(28)20(14)23(32)24-22(15-11-19(27)29-13-18(15)36-24)30(9-10-31)25(33)37-26(2,3)4/h7,11-13,31H,1,8-10H2,2-6H3. The molecule has 0 saturated heterocycles. The summed E-state index contributed by atoms with van der Waals surface area (Å²) in [5.74, 6) is -2.27. The van der Waals surface area contributed by atoms with Crippen molar-refractivity contribution in [2.45, 2.75) is 32.8 Å². The quantitative estimate of drug-likeness (QED) is 0.223. The summed E-state index contributed by atoms with van der Waals surface area (Å²) in [6.07, 6.45) is 1.99. The number of carbonyl (C=O) groups is 2. The van der Waals surface area contributed by atoms with Crippen LogP contribution in [0.2, 0.25) is 5.15 Å². The maximum absolute atomic E-state index is 15.6. The van der Waals surface area contributed by atoms with Gasteiger partial charge in [0.05, 0.1) is 39.1 Å². The van der Waals surface area contributed by atoms with Crippen LogP contribution in [0.3, 0.4) is 0 Å². The Bertz CT molecular complexity index is 1350. The average Bonchev–Trinajstić information content (AvgIpc) is 3.19. The van der Waals surface area contributed by atoms with Crippen molar-refractivity contribution < 1.29 is 37.7 Å². The molecule has 0 aliphatic carbocycles. The highest BCUT2D eigenvalue weighted by Crippen LogP contribution is 2.40. The number of allylic oxidation sites excluding steroid dienone is 1. The Balaban J connectivity index is 2.37. The van der Waals surface area contributed by atoms with Gasteiger partial charge in [-0.25, -0.2) is 14.2 Å². The van der Waals surface area contributed by atoms with E-state index >= 15 is 4.39 Å². The van der Waals surface area contributed by atoms with Gasteiger partial charge in [-0.2, -0.15) is 0 Å². The summed E-state index contributed by atoms with van der Waals surface area (Å²) >= 11 is 6.11. The lowest BCUT2D eigenvalue weighted by molar-refractivity contribution is 0.0573. The Morgan fingerprint density at radius 2 is 1.92 bits per heavy atom. The van der Waals surface area contributed by atoms with Crippen LogP contribution in [0.25, 0.3) is 11.0 Å². The van der Waals surface area contributed by atoms with Gasteiger partial charge in [0.25, 0.3) is 0 Å². The number of hydrogen-bond donors (Lipinski definition) is 1. The summed E-state index contributed by atoms with van der Waals surface area (Å²) in [6, 6.07) is 2.72. The number of carbonyl (C=O) groups excluding carboxylic acids is 2. The molecular formula is C26H28ClFN2O7. The fourth-order valence-corrected chi connectivity index (χ4v) is 3.93. The van der Waals surface area contributed by atoms with Gasteiger partial charge < -0.3 is 23.7 Å². The van der Waals surface area contributed by atoms with Gasteiger partial charge >= 0.3 is 6.09 Å². The molecule has 0 radical (unpaired) electrons. The largest absolute Gasteiger partial charge is 0.496 e. The molecule has 11 heteroatoms. The van der Waals surface area contributed by atoms with Crippen molar-refractivity contribution in [1.29, 1.82) is 0 Å². The molecule has 3 rings (SSSR count). The van der Waals surface area contributed by atoms with Crippen molar-refractivity contribution in [3.63, 3.8) is 0 Å². The lowest BCUT2D eigenvalue weighted by Gasteiger charge is -2.27. The Labute approximate surface area is 218 Å². The maximum Gasteiger partial charge on any atom is 0.415 e. The molecule has 0 bridgehead atoms. The number of methoxy groups -OCH3 is 2. The first-order valence-corrected chi connectivity index (χ1v) is 11.6. The predicted molar refractivity (Wildman–Crippen MR) is 137 cm³/mol. The number of hydrogen-bond acceptors (Lipinski definition) is 8. The number of aliphatic hydroxyl groups excluding tert-OH is 1. The minimum absolute atomic E-state index is 0.0571. The minimum atomic E-state index is -0.946. The minimum Gasteiger partial charge on any atom is -0.496 e. The number of fused-ring (bicyclic) bond motifs is 1. The molecule has 0 spiro atoms. The lowest BCUT2D eigenvalue weighted by atomic mass is 9.96. The molecule has 1 N–H and O–H groups in total. The van der Waals surface area contributed by atoms with Gasteiger partial charge in [0, 0.05) is 17.0 Å². The molecule has 0 aliphatic rings. The van der Waals surface area contributed by atoms with Gasteiger partial charge in [-0.15, -0.1) is 6.58 Å². The highest BCUT2D eigenvalue weighted by Gasteiger charge is 2.35. The van der Waals surface area contributed by atoms with E-state index in [4.69, 9.17) is 30.2 Å². The van der Waals surface area contributed by atoms with E-state index in [2.05, 4.69) is 11.6 Å². The summed E-state index contributed by atoms with van der Waals surface area (Å²) in [5.41, 5.74) is -1.03. The zero-order valence-corrected chi connectivity index (χ0v) is 21.9. The van der Waals surface area contributed by atoms with Crippen LogP contribution in [-0.4, -0.2) is 54.9 Å². The Hall–Kier alpha value is -3.63. The van der Waals surface area contributed by atoms with Crippen LogP contribution in [0, 0.1) is 5.82 Å². The van der Waals surface area contributed by atoms with E-state index in [0.29, 0.717) is 0 Å². The number of pyridine rings is 1. The highest BCUT2D eigenvalue weighted by molar-refractivity contribution is 6.30.